The van der Waals surface area contributed by atoms with Crippen LogP contribution in [0.2, 0.25) is 0 Å². The number of nitrogens with zero attached hydrogens (tertiary/aromatic N) is 2. The van der Waals surface area contributed by atoms with Crippen LogP contribution in [0, 0.1) is 6.92 Å². The molecule has 7 heteroatoms. The number of carbonyl (C=O) groups is 1. The third-order valence-corrected chi connectivity index (χ3v) is 3.08. The molecule has 0 spiro atoms. The number of rotatable bonds is 5. The van der Waals surface area contributed by atoms with Crippen LogP contribution in [-0.4, -0.2) is 27.5 Å². The van der Waals surface area contributed by atoms with Crippen molar-refractivity contribution >= 4 is 11.7 Å². The highest BCUT2D eigenvalue weighted by Crippen LogP contribution is 2.21. The van der Waals surface area contributed by atoms with Crippen molar-refractivity contribution in [3.63, 3.8) is 0 Å². The molecule has 0 saturated heterocycles. The zero-order valence-electron chi connectivity index (χ0n) is 12.4. The summed E-state index contributed by atoms with van der Waals surface area (Å²) in [6.45, 7) is 6.11. The maximum absolute atomic E-state index is 11.8. The predicted molar refractivity (Wildman–Crippen MR) is 77.9 cm³/mol. The van der Waals surface area contributed by atoms with Crippen LogP contribution in [0.25, 0.3) is 0 Å². The van der Waals surface area contributed by atoms with Gasteiger partial charge in [-0.05, 0) is 32.9 Å². The van der Waals surface area contributed by atoms with E-state index in [9.17, 15) is 9.90 Å². The van der Waals surface area contributed by atoms with E-state index in [-0.39, 0.29) is 6.54 Å². The fourth-order valence-electron chi connectivity index (χ4n) is 1.84. The second-order valence-corrected chi connectivity index (χ2v) is 5.08. The normalized spacial score (nSPS) is 13.7. The molecule has 3 N–H and O–H groups in total. The minimum atomic E-state index is -1.26. The van der Waals surface area contributed by atoms with Gasteiger partial charge in [-0.15, -0.1) is 0 Å². The van der Waals surface area contributed by atoms with Gasteiger partial charge < -0.3 is 20.2 Å². The topological polar surface area (TPSA) is 92.3 Å². The first kappa shape index (κ1) is 15.1. The largest absolute Gasteiger partial charge is 0.463 e. The quantitative estimate of drug-likeness (QED) is 0.784. The van der Waals surface area contributed by atoms with E-state index in [1.54, 1.807) is 43.1 Å². The van der Waals surface area contributed by atoms with E-state index in [0.717, 1.165) is 6.54 Å². The molecule has 0 saturated carbocycles. The van der Waals surface area contributed by atoms with Crippen molar-refractivity contribution in [3.8, 4) is 0 Å². The summed E-state index contributed by atoms with van der Waals surface area (Å²) in [5.41, 5.74) is -0.665. The van der Waals surface area contributed by atoms with Gasteiger partial charge in [-0.25, -0.2) is 4.79 Å². The zero-order chi connectivity index (χ0) is 15.5. The molecule has 2 heterocycles. The number of aryl methyl sites for hydroxylation is 2. The Morgan fingerprint density at radius 2 is 2.29 bits per heavy atom. The average Bonchev–Trinajstić information content (AvgIpc) is 3.06. The monoisotopic (exact) mass is 292 g/mol. The second-order valence-electron chi connectivity index (χ2n) is 5.08. The Bertz CT molecular complexity index is 615. The number of urea groups is 1. The summed E-state index contributed by atoms with van der Waals surface area (Å²) in [4.78, 5) is 11.8. The number of hydrogen-bond acceptors (Lipinski definition) is 4. The van der Waals surface area contributed by atoms with Crippen molar-refractivity contribution in [2.24, 2.45) is 0 Å². The molecule has 0 unspecified atom stereocenters. The fraction of sp³-hybridized carbons (Fsp3) is 0.429. The molecular formula is C14H20N4O3. The van der Waals surface area contributed by atoms with Crippen molar-refractivity contribution < 1.29 is 14.3 Å². The molecule has 0 bridgehead atoms. The smallest absolute Gasteiger partial charge is 0.319 e. The van der Waals surface area contributed by atoms with Gasteiger partial charge in [-0.2, -0.15) is 5.10 Å². The lowest BCUT2D eigenvalue weighted by atomic mass is 10.0. The molecule has 114 valence electrons. The molecule has 2 aromatic rings. The first-order valence-corrected chi connectivity index (χ1v) is 6.77. The number of furan rings is 1. The van der Waals surface area contributed by atoms with E-state index in [4.69, 9.17) is 4.42 Å². The number of aromatic nitrogens is 2. The summed E-state index contributed by atoms with van der Waals surface area (Å²) in [6.07, 6.45) is 3.30. The Balaban J connectivity index is 1.88. The van der Waals surface area contributed by atoms with Crippen molar-refractivity contribution in [3.05, 3.63) is 36.0 Å². The minimum absolute atomic E-state index is 0.0354. The van der Waals surface area contributed by atoms with Gasteiger partial charge in [0.15, 0.2) is 0 Å². The van der Waals surface area contributed by atoms with Crippen LogP contribution in [-0.2, 0) is 12.1 Å². The highest BCUT2D eigenvalue weighted by molar-refractivity contribution is 5.88. The Kier molecular flexibility index (Phi) is 4.32. The van der Waals surface area contributed by atoms with Crippen LogP contribution in [0.1, 0.15) is 25.4 Å². The lowest BCUT2D eigenvalue weighted by Crippen LogP contribution is -2.40. The van der Waals surface area contributed by atoms with Crippen LogP contribution in [0.5, 0.6) is 0 Å². The van der Waals surface area contributed by atoms with Crippen molar-refractivity contribution in [1.29, 1.82) is 0 Å². The number of aliphatic hydroxyl groups is 1. The van der Waals surface area contributed by atoms with Crippen LogP contribution in [0.4, 0.5) is 10.5 Å². The molecule has 0 fully saturated rings. The molecule has 0 aliphatic carbocycles. The van der Waals surface area contributed by atoms with E-state index in [0.29, 0.717) is 17.2 Å². The summed E-state index contributed by atoms with van der Waals surface area (Å²) >= 11 is 0. The van der Waals surface area contributed by atoms with Gasteiger partial charge in [0, 0.05) is 12.7 Å². The van der Waals surface area contributed by atoms with Crippen LogP contribution < -0.4 is 10.6 Å². The van der Waals surface area contributed by atoms with Gasteiger partial charge in [-0.3, -0.25) is 4.68 Å². The average molecular weight is 292 g/mol. The van der Waals surface area contributed by atoms with Crippen molar-refractivity contribution in [2.45, 2.75) is 32.9 Å². The molecule has 0 aliphatic rings. The number of carbonyl (C=O) groups excluding carboxylic acids is 1. The van der Waals surface area contributed by atoms with Gasteiger partial charge in [0.05, 0.1) is 18.4 Å². The highest BCUT2D eigenvalue weighted by Gasteiger charge is 2.27. The Labute approximate surface area is 123 Å². The number of hydrogen-bond donors (Lipinski definition) is 3. The summed E-state index contributed by atoms with van der Waals surface area (Å²) in [6, 6.07) is 3.05. The maximum Gasteiger partial charge on any atom is 0.319 e. The number of anilines is 1. The first-order chi connectivity index (χ1) is 9.90. The van der Waals surface area contributed by atoms with Gasteiger partial charge in [-0.1, -0.05) is 0 Å². The lowest BCUT2D eigenvalue weighted by Gasteiger charge is -2.21. The molecule has 0 aromatic carbocycles. The molecular weight excluding hydrogens is 272 g/mol. The Hall–Kier alpha value is -2.28. The Morgan fingerprint density at radius 3 is 2.86 bits per heavy atom. The molecule has 2 amide bonds. The number of amides is 2. The second kappa shape index (κ2) is 6.01. The summed E-state index contributed by atoms with van der Waals surface area (Å²) in [5.74, 6) is 1.13. The van der Waals surface area contributed by atoms with Gasteiger partial charge in [0.25, 0.3) is 0 Å². The van der Waals surface area contributed by atoms with Crippen LogP contribution in [0.15, 0.2) is 28.9 Å². The highest BCUT2D eigenvalue weighted by atomic mass is 16.4. The molecule has 2 rings (SSSR count). The Morgan fingerprint density at radius 1 is 1.52 bits per heavy atom. The molecule has 0 radical (unpaired) electrons. The van der Waals surface area contributed by atoms with Gasteiger partial charge in [0.2, 0.25) is 0 Å². The van der Waals surface area contributed by atoms with E-state index in [2.05, 4.69) is 15.7 Å². The minimum Gasteiger partial charge on any atom is -0.463 e. The SMILES string of the molecule is CCn1cc(NC(=O)NC[C@](C)(O)c2ccc(C)o2)cn1. The van der Waals surface area contributed by atoms with E-state index in [1.807, 2.05) is 6.92 Å². The molecule has 0 aliphatic heterocycles. The van der Waals surface area contributed by atoms with Gasteiger partial charge >= 0.3 is 6.03 Å². The molecule has 7 nitrogen and oxygen atoms in total. The van der Waals surface area contributed by atoms with E-state index < -0.39 is 11.6 Å². The predicted octanol–water partition coefficient (Wildman–Crippen LogP) is 1.83. The molecule has 2 aromatic heterocycles. The van der Waals surface area contributed by atoms with E-state index >= 15 is 0 Å². The van der Waals surface area contributed by atoms with Crippen LogP contribution >= 0.6 is 0 Å². The van der Waals surface area contributed by atoms with Crippen molar-refractivity contribution in [1.82, 2.24) is 15.1 Å². The number of nitrogens with one attached hydrogen (secondary N) is 2. The molecule has 21 heavy (non-hydrogen) atoms. The zero-order valence-corrected chi connectivity index (χ0v) is 12.4. The van der Waals surface area contributed by atoms with Gasteiger partial charge in [0.1, 0.15) is 17.1 Å². The maximum atomic E-state index is 11.8. The lowest BCUT2D eigenvalue weighted by molar-refractivity contribution is 0.0364. The third-order valence-electron chi connectivity index (χ3n) is 3.08. The molecule has 1 atom stereocenters. The summed E-state index contributed by atoms with van der Waals surface area (Å²) < 4.78 is 7.09. The van der Waals surface area contributed by atoms with E-state index in [1.165, 1.54) is 0 Å². The summed E-state index contributed by atoms with van der Waals surface area (Å²) in [5, 5.41) is 19.6. The third kappa shape index (κ3) is 3.85. The van der Waals surface area contributed by atoms with Crippen molar-refractivity contribution in [2.75, 3.05) is 11.9 Å². The first-order valence-electron chi connectivity index (χ1n) is 6.77. The summed E-state index contributed by atoms with van der Waals surface area (Å²) in [7, 11) is 0. The van der Waals surface area contributed by atoms with Crippen LogP contribution in [0.3, 0.4) is 0 Å². The fourth-order valence-corrected chi connectivity index (χ4v) is 1.84. The standard InChI is InChI=1S/C14H20N4O3/c1-4-18-8-11(7-16-18)17-13(19)15-9-14(3,20)12-6-5-10(2)21-12/h5-8,20H,4,9H2,1-3H3,(H2,15,17,19)/t14-/m0/s1.